The average molecular weight is 457 g/mol. The highest BCUT2D eigenvalue weighted by Gasteiger charge is 2.00. The Kier molecular flexibility index (Phi) is 10.5. The number of nitrogens with zero attached hydrogens (tertiary/aromatic N) is 1. The zero-order valence-electron chi connectivity index (χ0n) is 14.0. The molecule has 2 rings (SSSR count). The van der Waals surface area contributed by atoms with Gasteiger partial charge in [0.1, 0.15) is 0 Å². The first kappa shape index (κ1) is 20.8. The lowest BCUT2D eigenvalue weighted by molar-refractivity contribution is 0.203. The number of guanidine groups is 1. The summed E-state index contributed by atoms with van der Waals surface area (Å²) >= 11 is 1.77. The van der Waals surface area contributed by atoms with Gasteiger partial charge in [-0.2, -0.15) is 0 Å². The van der Waals surface area contributed by atoms with Gasteiger partial charge in [0.25, 0.3) is 0 Å². The standard InChI is InChI=1S/C18H23N3OS.HI/c1-19-18(20-12-13-22-2)21-14-15-8-10-17(11-9-15)23-16-6-4-3-5-7-16;/h3-11H,12-14H2,1-2H3,(H2,19,20,21);1H. The van der Waals surface area contributed by atoms with Crippen LogP contribution >= 0.6 is 35.7 Å². The van der Waals surface area contributed by atoms with E-state index >= 15 is 0 Å². The first-order valence-electron chi connectivity index (χ1n) is 7.57. The van der Waals surface area contributed by atoms with Crippen LogP contribution in [0.25, 0.3) is 0 Å². The van der Waals surface area contributed by atoms with Gasteiger partial charge in [0, 0.05) is 37.0 Å². The van der Waals surface area contributed by atoms with E-state index in [1.54, 1.807) is 25.9 Å². The van der Waals surface area contributed by atoms with Crippen molar-refractivity contribution in [2.75, 3.05) is 27.3 Å². The van der Waals surface area contributed by atoms with Gasteiger partial charge in [-0.15, -0.1) is 24.0 Å². The molecule has 2 aromatic carbocycles. The van der Waals surface area contributed by atoms with Crippen LogP contribution in [0.5, 0.6) is 0 Å². The van der Waals surface area contributed by atoms with Gasteiger partial charge < -0.3 is 15.4 Å². The van der Waals surface area contributed by atoms with Gasteiger partial charge in [-0.3, -0.25) is 4.99 Å². The van der Waals surface area contributed by atoms with E-state index in [4.69, 9.17) is 4.74 Å². The molecule has 0 atom stereocenters. The summed E-state index contributed by atoms with van der Waals surface area (Å²) in [6, 6.07) is 19.0. The Bertz CT molecular complexity index is 605. The predicted molar refractivity (Wildman–Crippen MR) is 112 cm³/mol. The van der Waals surface area contributed by atoms with Gasteiger partial charge in [-0.1, -0.05) is 42.1 Å². The first-order chi connectivity index (χ1) is 11.3. The molecule has 0 saturated carbocycles. The largest absolute Gasteiger partial charge is 0.383 e. The van der Waals surface area contributed by atoms with E-state index < -0.39 is 0 Å². The smallest absolute Gasteiger partial charge is 0.191 e. The monoisotopic (exact) mass is 457 g/mol. The molecular weight excluding hydrogens is 433 g/mol. The van der Waals surface area contributed by atoms with Crippen molar-refractivity contribution in [2.45, 2.75) is 16.3 Å². The fourth-order valence-corrected chi connectivity index (χ4v) is 2.82. The molecule has 130 valence electrons. The van der Waals surface area contributed by atoms with Gasteiger partial charge in [0.05, 0.1) is 6.61 Å². The number of hydrogen-bond acceptors (Lipinski definition) is 3. The molecule has 0 aliphatic carbocycles. The third-order valence-electron chi connectivity index (χ3n) is 3.18. The van der Waals surface area contributed by atoms with Crippen LogP contribution in [0.3, 0.4) is 0 Å². The highest BCUT2D eigenvalue weighted by Crippen LogP contribution is 2.27. The number of rotatable bonds is 7. The van der Waals surface area contributed by atoms with E-state index in [-0.39, 0.29) is 24.0 Å². The van der Waals surface area contributed by atoms with Crippen molar-refractivity contribution < 1.29 is 4.74 Å². The maximum absolute atomic E-state index is 5.01. The average Bonchev–Trinajstić information content (AvgIpc) is 2.60. The molecule has 0 aliphatic heterocycles. The molecule has 0 unspecified atom stereocenters. The van der Waals surface area contributed by atoms with Crippen molar-refractivity contribution in [2.24, 2.45) is 4.99 Å². The lowest BCUT2D eigenvalue weighted by atomic mass is 10.2. The summed E-state index contributed by atoms with van der Waals surface area (Å²) in [6.07, 6.45) is 0. The maximum atomic E-state index is 5.01. The van der Waals surface area contributed by atoms with Crippen LogP contribution in [-0.2, 0) is 11.3 Å². The van der Waals surface area contributed by atoms with Crippen LogP contribution in [0.1, 0.15) is 5.56 Å². The Labute approximate surface area is 165 Å². The summed E-state index contributed by atoms with van der Waals surface area (Å²) < 4.78 is 5.01. The zero-order valence-corrected chi connectivity index (χ0v) is 17.1. The lowest BCUT2D eigenvalue weighted by Gasteiger charge is -2.11. The fraction of sp³-hybridized carbons (Fsp3) is 0.278. The van der Waals surface area contributed by atoms with Crippen molar-refractivity contribution in [3.05, 3.63) is 60.2 Å². The number of benzene rings is 2. The van der Waals surface area contributed by atoms with Crippen LogP contribution in [0.2, 0.25) is 0 Å². The van der Waals surface area contributed by atoms with Crippen LogP contribution in [0.4, 0.5) is 0 Å². The lowest BCUT2D eigenvalue weighted by Crippen LogP contribution is -2.38. The second kappa shape index (κ2) is 12.2. The van der Waals surface area contributed by atoms with E-state index in [2.05, 4.69) is 64.2 Å². The predicted octanol–water partition coefficient (Wildman–Crippen LogP) is 3.77. The number of hydrogen-bond donors (Lipinski definition) is 2. The molecule has 0 saturated heterocycles. The Balaban J connectivity index is 0.00000288. The van der Waals surface area contributed by atoms with Crippen molar-refractivity contribution in [3.8, 4) is 0 Å². The van der Waals surface area contributed by atoms with E-state index in [0.29, 0.717) is 6.61 Å². The van der Waals surface area contributed by atoms with E-state index in [9.17, 15) is 0 Å². The number of halogens is 1. The van der Waals surface area contributed by atoms with Crippen molar-refractivity contribution in [1.82, 2.24) is 10.6 Å². The molecule has 2 N–H and O–H groups in total. The molecule has 0 fully saturated rings. The third kappa shape index (κ3) is 7.55. The zero-order chi connectivity index (χ0) is 16.3. The van der Waals surface area contributed by atoms with Crippen LogP contribution in [0, 0.1) is 0 Å². The van der Waals surface area contributed by atoms with E-state index in [1.165, 1.54) is 15.4 Å². The summed E-state index contributed by atoms with van der Waals surface area (Å²) in [5.74, 6) is 0.782. The minimum absolute atomic E-state index is 0. The summed E-state index contributed by atoms with van der Waals surface area (Å²) in [6.45, 7) is 2.14. The number of methoxy groups -OCH3 is 1. The number of aliphatic imine (C=N–C) groups is 1. The summed E-state index contributed by atoms with van der Waals surface area (Å²) in [7, 11) is 3.45. The van der Waals surface area contributed by atoms with Crippen molar-refractivity contribution in [1.29, 1.82) is 0 Å². The normalized spacial score (nSPS) is 10.8. The second-order valence-electron chi connectivity index (χ2n) is 4.90. The Morgan fingerprint density at radius 3 is 2.29 bits per heavy atom. The van der Waals surface area contributed by atoms with Crippen LogP contribution in [0.15, 0.2) is 69.4 Å². The molecule has 4 nitrogen and oxygen atoms in total. The molecule has 0 amide bonds. The van der Waals surface area contributed by atoms with Gasteiger partial charge >= 0.3 is 0 Å². The Hall–Kier alpha value is -1.25. The minimum atomic E-state index is 0. The molecule has 24 heavy (non-hydrogen) atoms. The van der Waals surface area contributed by atoms with Gasteiger partial charge in [0.15, 0.2) is 5.96 Å². The number of ether oxygens (including phenoxy) is 1. The molecule has 0 aliphatic rings. The maximum Gasteiger partial charge on any atom is 0.191 e. The molecule has 0 bridgehead atoms. The summed E-state index contributed by atoms with van der Waals surface area (Å²) in [5, 5.41) is 6.48. The molecule has 6 heteroatoms. The van der Waals surface area contributed by atoms with Gasteiger partial charge in [0.2, 0.25) is 0 Å². The molecule has 0 radical (unpaired) electrons. The highest BCUT2D eigenvalue weighted by molar-refractivity contribution is 14.0. The minimum Gasteiger partial charge on any atom is -0.383 e. The van der Waals surface area contributed by atoms with Crippen LogP contribution in [-0.4, -0.2) is 33.3 Å². The third-order valence-corrected chi connectivity index (χ3v) is 4.20. The first-order valence-corrected chi connectivity index (χ1v) is 8.39. The Morgan fingerprint density at radius 2 is 1.67 bits per heavy atom. The molecule has 0 heterocycles. The molecule has 0 aromatic heterocycles. The fourth-order valence-electron chi connectivity index (χ4n) is 1.98. The Morgan fingerprint density at radius 1 is 1.00 bits per heavy atom. The second-order valence-corrected chi connectivity index (χ2v) is 6.05. The van der Waals surface area contributed by atoms with Crippen molar-refractivity contribution in [3.63, 3.8) is 0 Å². The topological polar surface area (TPSA) is 45.7 Å². The van der Waals surface area contributed by atoms with E-state index in [0.717, 1.165) is 19.0 Å². The van der Waals surface area contributed by atoms with Gasteiger partial charge in [-0.05, 0) is 29.8 Å². The van der Waals surface area contributed by atoms with Crippen molar-refractivity contribution >= 4 is 41.7 Å². The summed E-state index contributed by atoms with van der Waals surface area (Å²) in [4.78, 5) is 6.67. The quantitative estimate of drug-likeness (QED) is 0.288. The van der Waals surface area contributed by atoms with Gasteiger partial charge in [-0.25, -0.2) is 0 Å². The molecule has 2 aromatic rings. The SMILES string of the molecule is CN=C(NCCOC)NCc1ccc(Sc2ccccc2)cc1.I. The highest BCUT2D eigenvalue weighted by atomic mass is 127. The van der Waals surface area contributed by atoms with Crippen LogP contribution < -0.4 is 10.6 Å². The number of nitrogens with one attached hydrogen (secondary N) is 2. The molecular formula is C18H24IN3OS. The molecule has 0 spiro atoms. The summed E-state index contributed by atoms with van der Waals surface area (Å²) in [5.41, 5.74) is 1.22. The van der Waals surface area contributed by atoms with E-state index in [1.807, 2.05) is 6.07 Å².